The summed E-state index contributed by atoms with van der Waals surface area (Å²) in [5.74, 6) is -12.5. The van der Waals surface area contributed by atoms with Crippen molar-refractivity contribution in [1.82, 2.24) is 80.5 Å². The number of nitrogens with two attached hydrogens (primary N) is 1. The Morgan fingerprint density at radius 1 is 0.757 bits per heavy atom. The van der Waals surface area contributed by atoms with E-state index in [9.17, 15) is 94.2 Å². The number of hydrogen-bond acceptors (Lipinski definition) is 28. The third-order valence-corrected chi connectivity index (χ3v) is 36.8. The van der Waals surface area contributed by atoms with Crippen molar-refractivity contribution in [2.75, 3.05) is 72.9 Å². The number of likely N-dealkylation sites (tertiary alicyclic amines) is 1. The minimum absolute atomic E-state index is 0.0213. The molecule has 5 aliphatic rings. The summed E-state index contributed by atoms with van der Waals surface area (Å²) >= 11 is 2.02. The zero-order valence-corrected chi connectivity index (χ0v) is 83.1. The number of nitrogens with one attached hydrogen (secondary N) is 9. The van der Waals surface area contributed by atoms with Crippen LogP contribution in [0.1, 0.15) is 113 Å². The summed E-state index contributed by atoms with van der Waals surface area (Å²) in [5, 5.41) is 48.8. The Bertz CT molecular complexity index is 6780. The van der Waals surface area contributed by atoms with Crippen molar-refractivity contribution in [3.8, 4) is 22.5 Å². The van der Waals surface area contributed by atoms with Crippen molar-refractivity contribution in [3.05, 3.63) is 171 Å². The molecule has 1 unspecified atom stereocenters. The second kappa shape index (κ2) is 45.3. The average Bonchev–Trinajstić information content (AvgIpc) is 1.24. The van der Waals surface area contributed by atoms with E-state index in [2.05, 4.69) is 81.3 Å². The van der Waals surface area contributed by atoms with Crippen LogP contribution in [0.4, 0.5) is 26.0 Å². The molecule has 42 nitrogen and oxygen atoms in total. The number of thioether (sulfide) groups is 2. The lowest BCUT2D eigenvalue weighted by atomic mass is 9.90. The van der Waals surface area contributed by atoms with Crippen LogP contribution in [0.15, 0.2) is 152 Å². The molecule has 140 heavy (non-hydrogen) atoms. The van der Waals surface area contributed by atoms with Gasteiger partial charge in [-0.3, -0.25) is 62.4 Å². The lowest BCUT2D eigenvalue weighted by Gasteiger charge is -2.33. The van der Waals surface area contributed by atoms with E-state index in [0.29, 0.717) is 106 Å². The summed E-state index contributed by atoms with van der Waals surface area (Å²) in [6, 6.07) is 16.1. The fraction of sp³-hybridized carbons (Fsp3) is 0.382. The number of carbonyl (C=O) groups is 11. The van der Waals surface area contributed by atoms with E-state index in [4.69, 9.17) is 14.3 Å². The van der Waals surface area contributed by atoms with Crippen molar-refractivity contribution in [3.63, 3.8) is 0 Å². The number of imide groups is 1. The molecule has 3 aromatic carbocycles. The molecule has 0 saturated carbocycles. The van der Waals surface area contributed by atoms with E-state index >= 15 is 8.63 Å². The quantitative estimate of drug-likeness (QED) is 0.00338. The molecule has 15 N–H and O–H groups in total. The van der Waals surface area contributed by atoms with Crippen molar-refractivity contribution in [2.24, 2.45) is 0 Å². The van der Waals surface area contributed by atoms with Gasteiger partial charge in [0.25, 0.3) is 21.6 Å². The third kappa shape index (κ3) is 26.4. The first-order valence-corrected chi connectivity index (χ1v) is 56.0. The average molecular weight is 2040 g/mol. The smallest absolute Gasteiger partial charge is 0.481 e. The summed E-state index contributed by atoms with van der Waals surface area (Å²) in [6.07, 6.45) is 5.66. The number of aromatic amines is 1. The Balaban J connectivity index is 0.608. The molecule has 5 atom stereocenters. The molecule has 4 aromatic heterocycles. The molecule has 0 radical (unpaired) electrons. The second-order valence-corrected chi connectivity index (χ2v) is 49.0. The molecule has 0 bridgehead atoms. The minimum atomic E-state index is -5.07. The van der Waals surface area contributed by atoms with Crippen LogP contribution in [0.2, 0.25) is 32.2 Å². The Hall–Kier alpha value is -13.3. The highest BCUT2D eigenvalue weighted by Crippen LogP contribution is 2.44. The van der Waals surface area contributed by atoms with Crippen molar-refractivity contribution < 1.29 is 111 Å². The summed E-state index contributed by atoms with van der Waals surface area (Å²) in [4.78, 5) is 185. The van der Waals surface area contributed by atoms with Gasteiger partial charge in [0, 0.05) is 169 Å². The number of amides is 8. The summed E-state index contributed by atoms with van der Waals surface area (Å²) in [5.41, 5.74) is 9.11. The molecule has 8 heterocycles. The number of carboxylic acids is 3. The van der Waals surface area contributed by atoms with Crippen molar-refractivity contribution in [1.29, 1.82) is 0 Å². The van der Waals surface area contributed by atoms with Gasteiger partial charge in [-0.05, 0) is 152 Å². The van der Waals surface area contributed by atoms with E-state index in [-0.39, 0.29) is 96.0 Å². The van der Waals surface area contributed by atoms with E-state index < -0.39 is 192 Å². The number of nitrogens with zero attached hydrogens (tertiary/aromatic N) is 10. The van der Waals surface area contributed by atoms with E-state index in [1.165, 1.54) is 98.0 Å². The predicted octanol–water partition coefficient (Wildman–Crippen LogP) is 5.26. The first kappa shape index (κ1) is 106. The maximum Gasteiger partial charge on any atom is 0.737 e. The van der Waals surface area contributed by atoms with E-state index in [1.54, 1.807) is 6.08 Å². The summed E-state index contributed by atoms with van der Waals surface area (Å²) in [7, 11) is -14.4. The zero-order chi connectivity index (χ0) is 102. The highest BCUT2D eigenvalue weighted by atomic mass is 32.2. The monoisotopic (exact) mass is 2040 g/mol. The predicted molar refractivity (Wildman–Crippen MR) is 523 cm³/mol. The zero-order valence-electron chi connectivity index (χ0n) is 77.8. The van der Waals surface area contributed by atoms with Gasteiger partial charge in [0.15, 0.2) is 38.7 Å². The molecule has 7 aromatic rings. The van der Waals surface area contributed by atoms with Crippen LogP contribution < -0.4 is 68.1 Å². The number of benzene rings is 4. The molecule has 1 aliphatic carbocycles. The van der Waals surface area contributed by atoms with Gasteiger partial charge >= 0.3 is 24.9 Å². The van der Waals surface area contributed by atoms with Crippen molar-refractivity contribution in [2.45, 2.75) is 176 Å². The Morgan fingerprint density at radius 3 is 2.14 bits per heavy atom. The van der Waals surface area contributed by atoms with Gasteiger partial charge in [-0.2, -0.15) is 13.4 Å². The van der Waals surface area contributed by atoms with Crippen LogP contribution in [0.3, 0.4) is 0 Å². The number of fused-ring (bicyclic) bond motifs is 5. The fourth-order valence-electron chi connectivity index (χ4n) is 16.4. The number of carboxylic acid groups (broad SMARTS) is 3. The second-order valence-electron chi connectivity index (χ2n) is 34.5. The number of nitrogen functional groups attached to an aromatic ring is 1. The van der Waals surface area contributed by atoms with Crippen LogP contribution >= 0.6 is 23.5 Å². The van der Waals surface area contributed by atoms with Gasteiger partial charge in [-0.15, -0.1) is 11.8 Å². The Labute approximate surface area is 812 Å². The molecular formula is C89H108BF2N20O22S4Si2+. The number of allylic oxidation sites excluding steroid dienone is 2. The summed E-state index contributed by atoms with van der Waals surface area (Å²) < 4.78 is 117. The number of halogens is 2. The van der Waals surface area contributed by atoms with Crippen LogP contribution in [-0.2, 0) is 91.7 Å². The van der Waals surface area contributed by atoms with Crippen LogP contribution in [0.25, 0.3) is 50.7 Å². The number of sulfonamides is 1. The number of aryl methyl sites for hydroxylation is 1. The number of aromatic nitrogens is 7. The molecule has 8 amide bonds. The number of rotatable bonds is 48. The van der Waals surface area contributed by atoms with Crippen LogP contribution in [-0.4, -0.2) is 261 Å². The first-order chi connectivity index (χ1) is 66.3. The normalized spacial score (nSPS) is 15.0. The molecule has 4 aliphatic heterocycles. The van der Waals surface area contributed by atoms with Gasteiger partial charge in [-0.25, -0.2) is 47.2 Å². The Kier molecular flexibility index (Phi) is 34.2. The number of aliphatic carboxylic acids is 3. The third-order valence-electron chi connectivity index (χ3n) is 23.3. The Morgan fingerprint density at radius 2 is 1.45 bits per heavy atom. The van der Waals surface area contributed by atoms with E-state index in [0.717, 1.165) is 31.0 Å². The molecule has 1 saturated heterocycles. The van der Waals surface area contributed by atoms with E-state index in [1.807, 2.05) is 90.3 Å². The standard InChI is InChI=1S/C89H107BF2N20O22S4Si2/c1-10-108(11-2)57-24-28-62-69(38-57)133-70-39-58(109(12-3)13-4)25-29-63(70)78(62)64-30-27-61(40-72(64)138(130,131)132)137(128,129)100-35-34-94-73(113)15-14-36-139(6,7)134-140(8,9)50-136-89-98-43-52(44-99-89)48-110-76(116)42-71(85(110)123)135-49-68(87(126)127)105-83(121)67(47-96-74(114)32-26-56-22-23-60-37-59-21-16-51(5)111(59)90(91,92)112(56)60)104-82(120)66(41-77(117)118)102-75(115)33-31-65(86(124)125)103-81(119)53-17-19-54(20-18-53)95-45-55-46-97-80-79(101-55)84(122)107-88(93)106-80/h16-25,27-30,37-40,43-44,46,65-68,71,100H,10-15,26,31-36,41-42,45,47-50H2,1-9H3,(H13-,93,94,95,96,97,102,103,104,105,106,107,113,114,115,117,118,119,120,121,122,124,125,126,127,130,131,132)/p+1/t65-,66-,67-,68-,71?/m0/s1. The van der Waals surface area contributed by atoms with Gasteiger partial charge < -0.3 is 89.3 Å². The van der Waals surface area contributed by atoms with Gasteiger partial charge in [0.1, 0.15) is 59.2 Å². The lowest BCUT2D eigenvalue weighted by molar-refractivity contribution is -0.361. The number of anilines is 3. The van der Waals surface area contributed by atoms with Crippen molar-refractivity contribution >= 4 is 184 Å². The SMILES string of the molecule is CCN(CC)c1ccc2c(-c3ccc(S(=O)(=O)NCCNC(=O)CCC[Si](C)(C)O[Si](C)(C)CSc4ncc(CN5C(=O)CC(SC[C@H](NC(=O)[C@H](CNC(=O)CCc6ccc7n6[B-](F)(F)[N+]6=C(C)C=CC6=C7)NC(=O)[C@H](CC(=O)O)NC(=O)CC[C@H](NC(=O)c6ccc(NCc7cnc8nc(N)[nH]c(=O)c8n7)cc6)C(=O)O)C(=O)O)C5=O)cn4)cc3S(=O)(=O)O)c3ccc(=[N+](CC)CC)cc-3oc2c1. The molecule has 0 spiro atoms. The minimum Gasteiger partial charge on any atom is -0.481 e. The maximum absolute atomic E-state index is 16.2. The number of hydrogen-bond donors (Lipinski definition) is 14. The summed E-state index contributed by atoms with van der Waals surface area (Å²) in [6.45, 7) is 14.6. The number of carbonyl (C=O) groups excluding carboxylic acids is 8. The highest BCUT2D eigenvalue weighted by Gasteiger charge is 2.52. The topological polar surface area (TPSA) is 596 Å². The highest BCUT2D eigenvalue weighted by molar-refractivity contribution is 8.01. The molecule has 51 heteroatoms. The maximum atomic E-state index is 16.2. The van der Waals surface area contributed by atoms with Gasteiger partial charge in [-0.1, -0.05) is 17.8 Å². The van der Waals surface area contributed by atoms with Crippen LogP contribution in [0.5, 0.6) is 0 Å². The molecular weight excluding hydrogens is 1930 g/mol. The van der Waals surface area contributed by atoms with Gasteiger partial charge in [0.05, 0.1) is 47.6 Å². The first-order valence-electron chi connectivity index (χ1n) is 44.8. The van der Waals surface area contributed by atoms with Crippen LogP contribution in [0, 0.1) is 0 Å². The largest absolute Gasteiger partial charge is 0.737 e. The molecule has 744 valence electrons. The van der Waals surface area contributed by atoms with Gasteiger partial charge in [0.2, 0.25) is 62.7 Å². The molecule has 12 rings (SSSR count). The lowest BCUT2D eigenvalue weighted by Crippen LogP contribution is -2.59. The fourth-order valence-corrected chi connectivity index (χ4v) is 29.8. The molecule has 1 fully saturated rings. The number of H-pyrrole nitrogens is 1.